The van der Waals surface area contributed by atoms with E-state index >= 15 is 0 Å². The Morgan fingerprint density at radius 3 is 2.00 bits per heavy atom. The lowest BCUT2D eigenvalue weighted by Gasteiger charge is -2.05. The van der Waals surface area contributed by atoms with Crippen molar-refractivity contribution in [3.63, 3.8) is 0 Å². The van der Waals surface area contributed by atoms with E-state index in [-0.39, 0.29) is 10.6 Å². The molecule has 0 aromatic heterocycles. The van der Waals surface area contributed by atoms with Crippen LogP contribution in [0.3, 0.4) is 0 Å². The second kappa shape index (κ2) is 5.79. The largest absolute Gasteiger partial charge is 0.229 e. The van der Waals surface area contributed by atoms with Gasteiger partial charge in [0.1, 0.15) is 5.82 Å². The highest BCUT2D eigenvalue weighted by molar-refractivity contribution is 7.95. The zero-order chi connectivity index (χ0) is 13.8. The fraction of sp³-hybridized carbons (Fsp3) is 0.455. The maximum Gasteiger partial charge on any atom is 0.179 e. The van der Waals surface area contributed by atoms with Gasteiger partial charge in [0.2, 0.25) is 0 Å². The molecule has 0 heterocycles. The summed E-state index contributed by atoms with van der Waals surface area (Å²) in [7, 11) is -7.01. The molecular formula is C11H15FO4S2. The molecule has 1 aromatic carbocycles. The third-order valence-corrected chi connectivity index (χ3v) is 6.20. The zero-order valence-electron chi connectivity index (χ0n) is 9.97. The quantitative estimate of drug-likeness (QED) is 0.744. The minimum atomic E-state index is -3.67. The van der Waals surface area contributed by atoms with Crippen LogP contribution in [0.2, 0.25) is 0 Å². The molecule has 4 nitrogen and oxygen atoms in total. The Kier molecular flexibility index (Phi) is 4.86. The second-order valence-corrected chi connectivity index (χ2v) is 8.34. The molecule has 0 aliphatic heterocycles. The van der Waals surface area contributed by atoms with Crippen LogP contribution in [0.15, 0.2) is 29.2 Å². The van der Waals surface area contributed by atoms with E-state index in [1.54, 1.807) is 6.92 Å². The third-order valence-electron chi connectivity index (χ3n) is 2.35. The summed E-state index contributed by atoms with van der Waals surface area (Å²) in [6, 6.07) is 4.34. The molecule has 0 N–H and O–H groups in total. The van der Waals surface area contributed by atoms with Crippen LogP contribution in [0.25, 0.3) is 0 Å². The summed E-state index contributed by atoms with van der Waals surface area (Å²) in [4.78, 5) is -0.0596. The van der Waals surface area contributed by atoms with Crippen LogP contribution < -0.4 is 0 Å². The van der Waals surface area contributed by atoms with Gasteiger partial charge in [-0.1, -0.05) is 6.92 Å². The first-order chi connectivity index (χ1) is 8.27. The van der Waals surface area contributed by atoms with Gasteiger partial charge in [0.15, 0.2) is 19.7 Å². The fourth-order valence-electron chi connectivity index (χ4n) is 1.41. The van der Waals surface area contributed by atoms with Crippen molar-refractivity contribution in [1.29, 1.82) is 0 Å². The van der Waals surface area contributed by atoms with Crippen LogP contribution in [-0.4, -0.2) is 34.1 Å². The predicted octanol–water partition coefficient (Wildman–Crippen LogP) is 1.42. The summed E-state index contributed by atoms with van der Waals surface area (Å²) in [5.41, 5.74) is 0. The van der Waals surface area contributed by atoms with Crippen molar-refractivity contribution in [3.8, 4) is 0 Å². The van der Waals surface area contributed by atoms with Gasteiger partial charge >= 0.3 is 0 Å². The summed E-state index contributed by atoms with van der Waals surface area (Å²) in [5, 5.41) is 0. The second-order valence-electron chi connectivity index (χ2n) is 3.92. The maximum absolute atomic E-state index is 12.7. The number of benzene rings is 1. The number of sulfone groups is 2. The first-order valence-corrected chi connectivity index (χ1v) is 8.93. The lowest BCUT2D eigenvalue weighted by Crippen LogP contribution is -2.19. The van der Waals surface area contributed by atoms with Gasteiger partial charge in [-0.2, -0.15) is 0 Å². The first kappa shape index (κ1) is 15.1. The van der Waals surface area contributed by atoms with Crippen molar-refractivity contribution in [2.24, 2.45) is 0 Å². The highest BCUT2D eigenvalue weighted by atomic mass is 32.2. The molecule has 0 amide bonds. The van der Waals surface area contributed by atoms with Gasteiger partial charge in [0, 0.05) is 5.75 Å². The van der Waals surface area contributed by atoms with E-state index in [1.165, 1.54) is 0 Å². The fourth-order valence-corrected chi connectivity index (χ4v) is 4.92. The van der Waals surface area contributed by atoms with Crippen molar-refractivity contribution in [2.45, 2.75) is 18.2 Å². The number of hydrogen-bond donors (Lipinski definition) is 0. The van der Waals surface area contributed by atoms with Gasteiger partial charge in [-0.25, -0.2) is 21.2 Å². The molecule has 0 radical (unpaired) electrons. The minimum absolute atomic E-state index is 0.0219. The van der Waals surface area contributed by atoms with E-state index in [0.29, 0.717) is 6.42 Å². The predicted molar refractivity (Wildman–Crippen MR) is 67.4 cm³/mol. The van der Waals surface area contributed by atoms with Gasteiger partial charge in [0.05, 0.1) is 16.4 Å². The van der Waals surface area contributed by atoms with E-state index in [9.17, 15) is 21.2 Å². The smallest absolute Gasteiger partial charge is 0.179 e. The van der Waals surface area contributed by atoms with Crippen LogP contribution in [-0.2, 0) is 19.7 Å². The summed E-state index contributed by atoms with van der Waals surface area (Å²) in [6.45, 7) is 1.71. The number of halogens is 1. The minimum Gasteiger partial charge on any atom is -0.229 e. The van der Waals surface area contributed by atoms with E-state index in [2.05, 4.69) is 0 Å². The molecule has 1 aromatic rings. The highest BCUT2D eigenvalue weighted by Gasteiger charge is 2.19. The van der Waals surface area contributed by atoms with E-state index in [0.717, 1.165) is 24.3 Å². The first-order valence-electron chi connectivity index (χ1n) is 5.45. The molecule has 0 spiro atoms. The number of rotatable bonds is 6. The topological polar surface area (TPSA) is 68.3 Å². The normalized spacial score (nSPS) is 12.6. The van der Waals surface area contributed by atoms with Crippen molar-refractivity contribution in [2.75, 3.05) is 17.3 Å². The molecule has 0 unspecified atom stereocenters. The average molecular weight is 294 g/mol. The van der Waals surface area contributed by atoms with Crippen LogP contribution >= 0.6 is 0 Å². The molecular weight excluding hydrogens is 279 g/mol. The molecule has 0 saturated heterocycles. The van der Waals surface area contributed by atoms with Crippen molar-refractivity contribution < 1.29 is 21.2 Å². The Bertz CT molecular complexity index is 588. The SMILES string of the molecule is CCCS(=O)(=O)CCS(=O)(=O)c1ccc(F)cc1. The standard InChI is InChI=1S/C11H15FO4S2/c1-2-7-17(13,14)8-9-18(15,16)11-5-3-10(12)4-6-11/h3-6H,2,7-9H2,1H3. The lowest BCUT2D eigenvalue weighted by atomic mass is 10.4. The molecule has 0 saturated carbocycles. The number of hydrogen-bond acceptors (Lipinski definition) is 4. The van der Waals surface area contributed by atoms with Crippen molar-refractivity contribution in [1.82, 2.24) is 0 Å². The van der Waals surface area contributed by atoms with E-state index in [1.807, 2.05) is 0 Å². The molecule has 0 fully saturated rings. The highest BCUT2D eigenvalue weighted by Crippen LogP contribution is 2.12. The molecule has 1 rings (SSSR count). The van der Waals surface area contributed by atoms with Gasteiger partial charge in [-0.05, 0) is 30.7 Å². The maximum atomic E-state index is 12.7. The molecule has 0 aliphatic rings. The van der Waals surface area contributed by atoms with E-state index in [4.69, 9.17) is 0 Å². The van der Waals surface area contributed by atoms with Crippen LogP contribution in [0.1, 0.15) is 13.3 Å². The van der Waals surface area contributed by atoms with Crippen LogP contribution in [0.4, 0.5) is 4.39 Å². The molecule has 102 valence electrons. The Hall–Kier alpha value is -0.950. The van der Waals surface area contributed by atoms with Gasteiger partial charge in [-0.3, -0.25) is 0 Å². The van der Waals surface area contributed by atoms with Gasteiger partial charge < -0.3 is 0 Å². The Labute approximate surface area is 107 Å². The van der Waals surface area contributed by atoms with Crippen LogP contribution in [0, 0.1) is 5.82 Å². The monoisotopic (exact) mass is 294 g/mol. The summed E-state index contributed by atoms with van der Waals surface area (Å²) in [5.74, 6) is -1.43. The average Bonchev–Trinajstić information content (AvgIpc) is 2.27. The van der Waals surface area contributed by atoms with Crippen molar-refractivity contribution >= 4 is 19.7 Å². The Morgan fingerprint density at radius 1 is 0.944 bits per heavy atom. The summed E-state index contributed by atoms with van der Waals surface area (Å²) in [6.07, 6.45) is 0.457. The molecule has 7 heteroatoms. The lowest BCUT2D eigenvalue weighted by molar-refractivity contribution is 0.586. The Morgan fingerprint density at radius 2 is 1.50 bits per heavy atom. The molecule has 0 aliphatic carbocycles. The van der Waals surface area contributed by atoms with Crippen molar-refractivity contribution in [3.05, 3.63) is 30.1 Å². The molecule has 18 heavy (non-hydrogen) atoms. The van der Waals surface area contributed by atoms with Gasteiger partial charge in [0.25, 0.3) is 0 Å². The zero-order valence-corrected chi connectivity index (χ0v) is 11.6. The van der Waals surface area contributed by atoms with Crippen LogP contribution in [0.5, 0.6) is 0 Å². The van der Waals surface area contributed by atoms with E-state index < -0.39 is 37.0 Å². The summed E-state index contributed by atoms with van der Waals surface area (Å²) < 4.78 is 59.2. The molecule has 0 atom stereocenters. The Balaban J connectivity index is 2.81. The third kappa shape index (κ3) is 4.38. The summed E-state index contributed by atoms with van der Waals surface area (Å²) >= 11 is 0. The van der Waals surface area contributed by atoms with Gasteiger partial charge in [-0.15, -0.1) is 0 Å². The molecule has 0 bridgehead atoms.